The fourth-order valence-electron chi connectivity index (χ4n) is 5.11. The van der Waals surface area contributed by atoms with Crippen molar-refractivity contribution in [3.8, 4) is 11.5 Å². The second kappa shape index (κ2) is 15.6. The Labute approximate surface area is 266 Å². The van der Waals surface area contributed by atoms with Crippen LogP contribution in [0.2, 0.25) is 0 Å². The maximum Gasteiger partial charge on any atom is 0.328 e. The van der Waals surface area contributed by atoms with E-state index in [-0.39, 0.29) is 37.6 Å². The second-order valence-corrected chi connectivity index (χ2v) is 10.4. The van der Waals surface area contributed by atoms with Gasteiger partial charge in [0.25, 0.3) is 11.5 Å². The lowest BCUT2D eigenvalue weighted by Gasteiger charge is -2.17. The summed E-state index contributed by atoms with van der Waals surface area (Å²) in [6.07, 6.45) is 3.02. The van der Waals surface area contributed by atoms with Gasteiger partial charge >= 0.3 is 11.9 Å². The molecule has 244 valence electrons. The molecule has 0 saturated heterocycles. The third kappa shape index (κ3) is 8.23. The van der Waals surface area contributed by atoms with E-state index in [1.54, 1.807) is 40.2 Å². The molecule has 1 amide bonds. The first kappa shape index (κ1) is 33.6. The van der Waals surface area contributed by atoms with Crippen molar-refractivity contribution < 1.29 is 33.3 Å². The minimum absolute atomic E-state index is 0.0238. The molecule has 4 rings (SSSR count). The van der Waals surface area contributed by atoms with Crippen molar-refractivity contribution in [1.82, 2.24) is 19.9 Å². The molecule has 0 bridgehead atoms. The monoisotopic (exact) mass is 633 g/mol. The number of hydrogen-bond donors (Lipinski definition) is 3. The number of fused-ring (bicyclic) bond motifs is 1. The van der Waals surface area contributed by atoms with Crippen molar-refractivity contribution in [3.63, 3.8) is 0 Å². The van der Waals surface area contributed by atoms with Gasteiger partial charge in [0, 0.05) is 24.7 Å². The van der Waals surface area contributed by atoms with E-state index in [1.807, 2.05) is 41.1 Å². The number of nitrogens with two attached hydrogens (primary N) is 1. The van der Waals surface area contributed by atoms with E-state index in [1.165, 1.54) is 0 Å². The zero-order valence-electron chi connectivity index (χ0n) is 26.4. The number of benzene rings is 2. The SMILES string of the molecule is CCOC(=O)CC[C@H](NC(=O)c1ccc(CCc2cn(Cc3ccc(OC)c(OC)c3)c3nc(N)[nH]c(=O)c23)cc1)C(=O)OCC. The maximum atomic E-state index is 13.0. The Kier molecular flexibility index (Phi) is 11.4. The van der Waals surface area contributed by atoms with Gasteiger partial charge in [-0.2, -0.15) is 4.98 Å². The number of methoxy groups -OCH3 is 2. The maximum absolute atomic E-state index is 13.0. The number of amides is 1. The topological polar surface area (TPSA) is 177 Å². The van der Waals surface area contributed by atoms with Gasteiger partial charge in [-0.15, -0.1) is 0 Å². The van der Waals surface area contributed by atoms with Crippen molar-refractivity contribution in [3.05, 3.63) is 81.3 Å². The highest BCUT2D eigenvalue weighted by molar-refractivity contribution is 5.97. The van der Waals surface area contributed by atoms with Gasteiger partial charge in [-0.25, -0.2) is 4.79 Å². The van der Waals surface area contributed by atoms with Gasteiger partial charge in [0.1, 0.15) is 11.7 Å². The van der Waals surface area contributed by atoms with Crippen molar-refractivity contribution in [2.75, 3.05) is 33.2 Å². The van der Waals surface area contributed by atoms with Crippen LogP contribution in [0.5, 0.6) is 11.5 Å². The van der Waals surface area contributed by atoms with Gasteiger partial charge in [0.2, 0.25) is 5.95 Å². The lowest BCUT2D eigenvalue weighted by molar-refractivity contribution is -0.146. The molecular formula is C33H39N5O8. The van der Waals surface area contributed by atoms with E-state index < -0.39 is 23.9 Å². The Hall–Kier alpha value is -5.33. The summed E-state index contributed by atoms with van der Waals surface area (Å²) in [5.74, 6) is -0.321. The van der Waals surface area contributed by atoms with Crippen molar-refractivity contribution in [2.45, 2.75) is 52.1 Å². The first-order chi connectivity index (χ1) is 22.2. The minimum atomic E-state index is -0.992. The van der Waals surface area contributed by atoms with Crippen LogP contribution in [-0.4, -0.2) is 65.9 Å². The molecule has 4 N–H and O–H groups in total. The zero-order chi connectivity index (χ0) is 33.2. The molecule has 0 aliphatic rings. The minimum Gasteiger partial charge on any atom is -0.493 e. The van der Waals surface area contributed by atoms with Gasteiger partial charge in [-0.1, -0.05) is 18.2 Å². The van der Waals surface area contributed by atoms with E-state index in [9.17, 15) is 19.2 Å². The van der Waals surface area contributed by atoms with E-state index in [2.05, 4.69) is 15.3 Å². The molecular weight excluding hydrogens is 594 g/mol. The number of carbonyl (C=O) groups excluding carboxylic acids is 3. The van der Waals surface area contributed by atoms with Crippen LogP contribution in [0.3, 0.4) is 0 Å². The number of nitrogens with one attached hydrogen (secondary N) is 2. The van der Waals surface area contributed by atoms with Crippen molar-refractivity contribution >= 4 is 34.8 Å². The third-order valence-corrected chi connectivity index (χ3v) is 7.34. The zero-order valence-corrected chi connectivity index (χ0v) is 26.4. The van der Waals surface area contributed by atoms with Crippen LogP contribution >= 0.6 is 0 Å². The largest absolute Gasteiger partial charge is 0.493 e. The molecule has 0 radical (unpaired) electrons. The molecule has 1 atom stereocenters. The van der Waals surface area contributed by atoms with Crippen LogP contribution in [-0.2, 0) is 38.4 Å². The van der Waals surface area contributed by atoms with E-state index in [0.717, 1.165) is 16.7 Å². The molecule has 0 aliphatic heterocycles. The average Bonchev–Trinajstić information content (AvgIpc) is 3.39. The van der Waals surface area contributed by atoms with Crippen molar-refractivity contribution in [1.29, 1.82) is 0 Å². The molecule has 2 aromatic heterocycles. The van der Waals surface area contributed by atoms with Crippen LogP contribution < -0.4 is 26.1 Å². The lowest BCUT2D eigenvalue weighted by Crippen LogP contribution is -2.42. The summed E-state index contributed by atoms with van der Waals surface area (Å²) in [4.78, 5) is 57.1. The normalized spacial score (nSPS) is 11.6. The highest BCUT2D eigenvalue weighted by atomic mass is 16.5. The highest BCUT2D eigenvalue weighted by Gasteiger charge is 2.24. The quantitative estimate of drug-likeness (QED) is 0.165. The van der Waals surface area contributed by atoms with Crippen LogP contribution in [0.1, 0.15) is 53.7 Å². The van der Waals surface area contributed by atoms with Gasteiger partial charge in [0.05, 0.1) is 32.8 Å². The number of esters is 2. The number of rotatable bonds is 15. The fourth-order valence-corrected chi connectivity index (χ4v) is 5.11. The van der Waals surface area contributed by atoms with E-state index in [4.69, 9.17) is 24.7 Å². The first-order valence-corrected chi connectivity index (χ1v) is 15.0. The van der Waals surface area contributed by atoms with Crippen molar-refractivity contribution in [2.24, 2.45) is 0 Å². The number of nitrogens with zero attached hydrogens (tertiary/aromatic N) is 2. The molecule has 2 heterocycles. The number of aryl methyl sites for hydroxylation is 2. The first-order valence-electron chi connectivity index (χ1n) is 15.0. The van der Waals surface area contributed by atoms with Crippen LogP contribution in [0.15, 0.2) is 53.5 Å². The summed E-state index contributed by atoms with van der Waals surface area (Å²) < 4.78 is 22.7. The standard InChI is InChI=1S/C33H39N5O8/c1-5-45-27(39)16-14-24(32(42)46-6-2)35-30(40)22-11-7-20(8-12-22)9-13-23-19-38(29-28(23)31(41)37-33(34)36-29)18-21-10-15-25(43-3)26(17-21)44-4/h7-8,10-12,15,17,19,24H,5-6,9,13-14,16,18H2,1-4H3,(H,35,40)(H3,34,36,37,41)/t24-/m0/s1. The Bertz CT molecular complexity index is 1750. The Balaban J connectivity index is 1.48. The predicted octanol–water partition coefficient (Wildman–Crippen LogP) is 3.16. The third-order valence-electron chi connectivity index (χ3n) is 7.34. The van der Waals surface area contributed by atoms with Gasteiger partial charge in [-0.3, -0.25) is 19.4 Å². The number of H-pyrrole nitrogens is 1. The Morgan fingerprint density at radius 3 is 2.33 bits per heavy atom. The fraction of sp³-hybridized carbons (Fsp3) is 0.364. The molecule has 13 heteroatoms. The van der Waals surface area contributed by atoms with E-state index in [0.29, 0.717) is 47.5 Å². The summed E-state index contributed by atoms with van der Waals surface area (Å²) >= 11 is 0. The summed E-state index contributed by atoms with van der Waals surface area (Å²) in [7, 11) is 3.14. The van der Waals surface area contributed by atoms with Crippen LogP contribution in [0.4, 0.5) is 5.95 Å². The molecule has 2 aromatic carbocycles. The number of anilines is 1. The molecule has 4 aromatic rings. The molecule has 0 unspecified atom stereocenters. The van der Waals surface area contributed by atoms with Gasteiger partial charge < -0.3 is 34.6 Å². The molecule has 46 heavy (non-hydrogen) atoms. The summed E-state index contributed by atoms with van der Waals surface area (Å²) in [5, 5.41) is 3.12. The molecule has 0 fully saturated rings. The van der Waals surface area contributed by atoms with E-state index >= 15 is 0 Å². The lowest BCUT2D eigenvalue weighted by atomic mass is 10.0. The Morgan fingerprint density at radius 2 is 1.65 bits per heavy atom. The number of aromatic amines is 1. The predicted molar refractivity (Wildman–Crippen MR) is 171 cm³/mol. The second-order valence-electron chi connectivity index (χ2n) is 10.4. The van der Waals surface area contributed by atoms with Gasteiger partial charge in [0.15, 0.2) is 11.5 Å². The summed E-state index contributed by atoms with van der Waals surface area (Å²) in [6, 6.07) is 11.6. The molecule has 0 saturated carbocycles. The average molecular weight is 634 g/mol. The van der Waals surface area contributed by atoms with Crippen LogP contribution in [0, 0.1) is 0 Å². The Morgan fingerprint density at radius 1 is 0.957 bits per heavy atom. The molecule has 0 spiro atoms. The number of hydrogen-bond acceptors (Lipinski definition) is 10. The number of ether oxygens (including phenoxy) is 4. The number of nitrogen functional groups attached to an aromatic ring is 1. The summed E-state index contributed by atoms with van der Waals surface area (Å²) in [6.45, 7) is 4.15. The number of aromatic nitrogens is 3. The summed E-state index contributed by atoms with van der Waals surface area (Å²) in [5.41, 5.74) is 9.03. The highest BCUT2D eigenvalue weighted by Crippen LogP contribution is 2.29. The molecule has 0 aliphatic carbocycles. The number of carbonyl (C=O) groups is 3. The molecule has 13 nitrogen and oxygen atoms in total. The smallest absolute Gasteiger partial charge is 0.328 e. The van der Waals surface area contributed by atoms with Gasteiger partial charge in [-0.05, 0) is 74.1 Å². The van der Waals surface area contributed by atoms with Crippen LogP contribution in [0.25, 0.3) is 11.0 Å².